The molecule has 0 aromatic rings. The van der Waals surface area contributed by atoms with E-state index in [1.165, 1.54) is 6.42 Å². The summed E-state index contributed by atoms with van der Waals surface area (Å²) < 4.78 is 46.0. The molecule has 1 rings (SSSR count). The first kappa shape index (κ1) is 13.8. The summed E-state index contributed by atoms with van der Waals surface area (Å²) >= 11 is 0. The molecule has 0 saturated carbocycles. The van der Waals surface area contributed by atoms with Gasteiger partial charge in [-0.2, -0.15) is 13.2 Å². The van der Waals surface area contributed by atoms with Crippen molar-refractivity contribution in [3.8, 4) is 0 Å². The lowest BCUT2D eigenvalue weighted by atomic mass is 10.1. The zero-order valence-corrected chi connectivity index (χ0v) is 9.39. The summed E-state index contributed by atoms with van der Waals surface area (Å²) in [4.78, 5) is 0. The van der Waals surface area contributed by atoms with Crippen LogP contribution >= 0.6 is 0 Å². The maximum Gasteiger partial charge on any atom is 0.389 e. The van der Waals surface area contributed by atoms with Crippen molar-refractivity contribution in [1.82, 2.24) is 0 Å². The molecule has 1 aliphatic heterocycles. The van der Waals surface area contributed by atoms with E-state index in [1.54, 1.807) is 0 Å². The average molecular weight is 240 g/mol. The Morgan fingerprint density at radius 3 is 2.62 bits per heavy atom. The van der Waals surface area contributed by atoms with Crippen molar-refractivity contribution in [1.29, 1.82) is 0 Å². The van der Waals surface area contributed by atoms with E-state index in [1.807, 2.05) is 0 Å². The topological polar surface area (TPSA) is 18.5 Å². The van der Waals surface area contributed by atoms with Crippen LogP contribution in [-0.4, -0.2) is 32.1 Å². The molecule has 96 valence electrons. The first-order chi connectivity index (χ1) is 7.58. The number of halogens is 3. The number of hydrogen-bond acceptors (Lipinski definition) is 2. The van der Waals surface area contributed by atoms with Crippen molar-refractivity contribution < 1.29 is 22.6 Å². The van der Waals surface area contributed by atoms with Crippen LogP contribution in [0.2, 0.25) is 0 Å². The van der Waals surface area contributed by atoms with Gasteiger partial charge in [0.05, 0.1) is 6.10 Å². The van der Waals surface area contributed by atoms with Crippen LogP contribution in [0, 0.1) is 0 Å². The summed E-state index contributed by atoms with van der Waals surface area (Å²) in [7, 11) is 0. The second kappa shape index (κ2) is 7.12. The van der Waals surface area contributed by atoms with Gasteiger partial charge in [0, 0.05) is 26.2 Å². The number of hydrogen-bond donors (Lipinski definition) is 0. The normalized spacial score (nSPS) is 22.3. The molecule has 0 bridgehead atoms. The van der Waals surface area contributed by atoms with Crippen molar-refractivity contribution in [2.45, 2.75) is 50.8 Å². The van der Waals surface area contributed by atoms with Crippen LogP contribution in [0.3, 0.4) is 0 Å². The second-order valence-corrected chi connectivity index (χ2v) is 4.11. The maximum atomic E-state index is 11.8. The van der Waals surface area contributed by atoms with E-state index in [2.05, 4.69) is 0 Å². The van der Waals surface area contributed by atoms with E-state index >= 15 is 0 Å². The lowest BCUT2D eigenvalue weighted by molar-refractivity contribution is -0.138. The van der Waals surface area contributed by atoms with Gasteiger partial charge in [0.1, 0.15) is 0 Å². The van der Waals surface area contributed by atoms with E-state index in [0.29, 0.717) is 6.61 Å². The first-order valence-corrected chi connectivity index (χ1v) is 5.84. The van der Waals surface area contributed by atoms with Gasteiger partial charge in [0.15, 0.2) is 0 Å². The Morgan fingerprint density at radius 1 is 1.19 bits per heavy atom. The minimum Gasteiger partial charge on any atom is -0.381 e. The highest BCUT2D eigenvalue weighted by Gasteiger charge is 2.25. The Kier molecular flexibility index (Phi) is 6.13. The van der Waals surface area contributed by atoms with Gasteiger partial charge in [0.25, 0.3) is 0 Å². The summed E-state index contributed by atoms with van der Waals surface area (Å²) in [5.74, 6) is 0. The molecule has 1 saturated heterocycles. The zero-order chi connectivity index (χ0) is 11.9. The minimum absolute atomic E-state index is 0.0506. The summed E-state index contributed by atoms with van der Waals surface area (Å²) in [5.41, 5.74) is 0. The van der Waals surface area contributed by atoms with Crippen LogP contribution in [0.25, 0.3) is 0 Å². The first-order valence-electron chi connectivity index (χ1n) is 5.84. The third-order valence-corrected chi connectivity index (χ3v) is 2.61. The van der Waals surface area contributed by atoms with Crippen LogP contribution in [0.15, 0.2) is 0 Å². The second-order valence-electron chi connectivity index (χ2n) is 4.11. The number of ether oxygens (including phenoxy) is 2. The van der Waals surface area contributed by atoms with Crippen molar-refractivity contribution >= 4 is 0 Å². The van der Waals surface area contributed by atoms with Crippen LogP contribution in [0.5, 0.6) is 0 Å². The van der Waals surface area contributed by atoms with Gasteiger partial charge in [-0.15, -0.1) is 0 Å². The molecule has 0 N–H and O–H groups in total. The molecule has 1 atom stereocenters. The molecular formula is C11H19F3O2. The van der Waals surface area contributed by atoms with Gasteiger partial charge in [-0.3, -0.25) is 0 Å². The summed E-state index contributed by atoms with van der Waals surface area (Å²) in [6, 6.07) is 0. The van der Waals surface area contributed by atoms with Gasteiger partial charge in [-0.05, 0) is 32.1 Å². The molecule has 0 aromatic carbocycles. The lowest BCUT2D eigenvalue weighted by Gasteiger charge is -2.22. The fourth-order valence-electron chi connectivity index (χ4n) is 1.73. The van der Waals surface area contributed by atoms with Gasteiger partial charge >= 0.3 is 6.18 Å². The molecule has 16 heavy (non-hydrogen) atoms. The summed E-state index contributed by atoms with van der Waals surface area (Å²) in [5, 5.41) is 0. The quantitative estimate of drug-likeness (QED) is 0.663. The average Bonchev–Trinajstić information content (AvgIpc) is 2.23. The molecule has 1 aliphatic rings. The summed E-state index contributed by atoms with van der Waals surface area (Å²) in [6.45, 7) is 1.49. The van der Waals surface area contributed by atoms with Crippen molar-refractivity contribution in [2.24, 2.45) is 0 Å². The van der Waals surface area contributed by atoms with Crippen LogP contribution in [0.4, 0.5) is 13.2 Å². The van der Waals surface area contributed by atoms with Crippen LogP contribution < -0.4 is 0 Å². The van der Waals surface area contributed by atoms with Gasteiger partial charge < -0.3 is 9.47 Å². The SMILES string of the molecule is FC(F)(F)CCCOCCC1CCCCO1. The largest absolute Gasteiger partial charge is 0.389 e. The molecular weight excluding hydrogens is 221 g/mol. The third kappa shape index (κ3) is 7.06. The molecule has 0 radical (unpaired) electrons. The highest BCUT2D eigenvalue weighted by atomic mass is 19.4. The smallest absolute Gasteiger partial charge is 0.381 e. The fraction of sp³-hybridized carbons (Fsp3) is 1.00. The highest BCUT2D eigenvalue weighted by molar-refractivity contribution is 4.62. The molecule has 2 nitrogen and oxygen atoms in total. The monoisotopic (exact) mass is 240 g/mol. The Hall–Kier alpha value is -0.290. The highest BCUT2D eigenvalue weighted by Crippen LogP contribution is 2.21. The van der Waals surface area contributed by atoms with E-state index in [0.717, 1.165) is 25.9 Å². The summed E-state index contributed by atoms with van der Waals surface area (Å²) in [6.07, 6.45) is -0.381. The van der Waals surface area contributed by atoms with E-state index in [9.17, 15) is 13.2 Å². The van der Waals surface area contributed by atoms with Crippen LogP contribution in [-0.2, 0) is 9.47 Å². The predicted molar refractivity (Wildman–Crippen MR) is 54.3 cm³/mol. The van der Waals surface area contributed by atoms with Crippen molar-refractivity contribution in [3.05, 3.63) is 0 Å². The van der Waals surface area contributed by atoms with Crippen LogP contribution in [0.1, 0.15) is 38.5 Å². The molecule has 0 amide bonds. The maximum absolute atomic E-state index is 11.8. The van der Waals surface area contributed by atoms with Gasteiger partial charge in [-0.25, -0.2) is 0 Å². The van der Waals surface area contributed by atoms with Gasteiger partial charge in [-0.1, -0.05) is 0 Å². The lowest BCUT2D eigenvalue weighted by Crippen LogP contribution is -2.20. The van der Waals surface area contributed by atoms with E-state index in [-0.39, 0.29) is 19.1 Å². The minimum atomic E-state index is -4.06. The molecule has 0 aliphatic carbocycles. The Bertz CT molecular complexity index is 177. The number of alkyl halides is 3. The third-order valence-electron chi connectivity index (χ3n) is 2.61. The van der Waals surface area contributed by atoms with Gasteiger partial charge in [0.2, 0.25) is 0 Å². The van der Waals surface area contributed by atoms with E-state index < -0.39 is 12.6 Å². The zero-order valence-electron chi connectivity index (χ0n) is 9.39. The molecule has 1 fully saturated rings. The molecule has 5 heteroatoms. The van der Waals surface area contributed by atoms with Crippen molar-refractivity contribution in [2.75, 3.05) is 19.8 Å². The Balaban J connectivity index is 1.87. The molecule has 0 aromatic heterocycles. The number of rotatable bonds is 6. The predicted octanol–water partition coefficient (Wildman–Crippen LogP) is 3.30. The fourth-order valence-corrected chi connectivity index (χ4v) is 1.73. The Morgan fingerprint density at radius 2 is 2.00 bits per heavy atom. The van der Waals surface area contributed by atoms with Crippen molar-refractivity contribution in [3.63, 3.8) is 0 Å². The standard InChI is InChI=1S/C11H19F3O2/c12-11(13,14)6-3-7-15-9-5-10-4-1-2-8-16-10/h10H,1-9H2. The van der Waals surface area contributed by atoms with E-state index in [4.69, 9.17) is 9.47 Å². The molecule has 1 unspecified atom stereocenters. The Labute approximate surface area is 94.1 Å². The molecule has 1 heterocycles. The molecule has 0 spiro atoms.